The fourth-order valence-electron chi connectivity index (χ4n) is 1.12. The van der Waals surface area contributed by atoms with E-state index in [1.807, 2.05) is 24.4 Å². The summed E-state index contributed by atoms with van der Waals surface area (Å²) < 4.78 is 4.69. The van der Waals surface area contributed by atoms with Crippen molar-refractivity contribution >= 4 is 17.3 Å². The van der Waals surface area contributed by atoms with Crippen molar-refractivity contribution in [3.63, 3.8) is 0 Å². The molecular formula is C9H12O2S. The van der Waals surface area contributed by atoms with E-state index in [4.69, 9.17) is 4.74 Å². The smallest absolute Gasteiger partial charge is 0.313 e. The van der Waals surface area contributed by atoms with Crippen molar-refractivity contribution in [2.75, 3.05) is 7.11 Å². The summed E-state index contributed by atoms with van der Waals surface area (Å²) in [6.07, 6.45) is 0.799. The zero-order valence-electron chi connectivity index (χ0n) is 7.24. The number of carbonyl (C=O) groups excluding carboxylic acids is 1. The number of hydrogen-bond donors (Lipinski definition) is 0. The first-order chi connectivity index (χ1) is 5.79. The first-order valence-electron chi connectivity index (χ1n) is 3.90. The minimum atomic E-state index is -0.139. The lowest BCUT2D eigenvalue weighted by molar-refractivity contribution is -0.142. The number of hydrogen-bond acceptors (Lipinski definition) is 3. The quantitative estimate of drug-likeness (QED) is 0.674. The summed E-state index contributed by atoms with van der Waals surface area (Å²) in [5.41, 5.74) is 0. The maximum absolute atomic E-state index is 11.2. The van der Waals surface area contributed by atoms with Crippen LogP contribution in [0.4, 0.5) is 0 Å². The van der Waals surface area contributed by atoms with Crippen molar-refractivity contribution in [1.82, 2.24) is 0 Å². The highest BCUT2D eigenvalue weighted by molar-refractivity contribution is 7.10. The molecule has 1 aromatic rings. The Kier molecular flexibility index (Phi) is 3.29. The van der Waals surface area contributed by atoms with E-state index in [-0.39, 0.29) is 11.9 Å². The number of carbonyl (C=O) groups is 1. The highest BCUT2D eigenvalue weighted by Gasteiger charge is 2.19. The molecule has 0 bridgehead atoms. The number of thiophene rings is 1. The van der Waals surface area contributed by atoms with Gasteiger partial charge in [-0.1, -0.05) is 13.0 Å². The van der Waals surface area contributed by atoms with Crippen molar-refractivity contribution in [3.8, 4) is 0 Å². The number of esters is 1. The van der Waals surface area contributed by atoms with E-state index >= 15 is 0 Å². The monoisotopic (exact) mass is 184 g/mol. The van der Waals surface area contributed by atoms with Crippen LogP contribution in [0.3, 0.4) is 0 Å². The molecule has 0 aliphatic heterocycles. The highest BCUT2D eigenvalue weighted by Crippen LogP contribution is 2.24. The lowest BCUT2D eigenvalue weighted by Crippen LogP contribution is -2.11. The van der Waals surface area contributed by atoms with E-state index in [9.17, 15) is 4.79 Å². The van der Waals surface area contributed by atoms with Gasteiger partial charge in [-0.3, -0.25) is 4.79 Å². The van der Waals surface area contributed by atoms with E-state index < -0.39 is 0 Å². The van der Waals surface area contributed by atoms with Crippen LogP contribution < -0.4 is 0 Å². The molecule has 0 saturated carbocycles. The van der Waals surface area contributed by atoms with E-state index in [0.29, 0.717) is 0 Å². The summed E-state index contributed by atoms with van der Waals surface area (Å²) in [4.78, 5) is 12.3. The molecule has 1 heterocycles. The maximum atomic E-state index is 11.2. The Hall–Kier alpha value is -0.830. The summed E-state index contributed by atoms with van der Waals surface area (Å²) in [5.74, 6) is -0.213. The summed E-state index contributed by atoms with van der Waals surface area (Å²) in [6, 6.07) is 3.92. The topological polar surface area (TPSA) is 26.3 Å². The molecular weight excluding hydrogens is 172 g/mol. The summed E-state index contributed by atoms with van der Waals surface area (Å²) in [6.45, 7) is 1.99. The van der Waals surface area contributed by atoms with E-state index in [0.717, 1.165) is 11.3 Å². The summed E-state index contributed by atoms with van der Waals surface area (Å²) in [7, 11) is 1.43. The fourth-order valence-corrected chi connectivity index (χ4v) is 2.01. The molecule has 1 aromatic heterocycles. The molecule has 0 aliphatic rings. The third-order valence-electron chi connectivity index (χ3n) is 1.78. The molecule has 0 fully saturated rings. The molecule has 0 N–H and O–H groups in total. The van der Waals surface area contributed by atoms with Gasteiger partial charge in [0, 0.05) is 4.88 Å². The zero-order chi connectivity index (χ0) is 8.97. The minimum Gasteiger partial charge on any atom is -0.469 e. The number of methoxy groups -OCH3 is 1. The van der Waals surface area contributed by atoms with Gasteiger partial charge in [-0.15, -0.1) is 11.3 Å². The van der Waals surface area contributed by atoms with Crippen LogP contribution >= 0.6 is 11.3 Å². The largest absolute Gasteiger partial charge is 0.469 e. The van der Waals surface area contributed by atoms with Gasteiger partial charge in [0.25, 0.3) is 0 Å². The lowest BCUT2D eigenvalue weighted by atomic mass is 10.1. The Labute approximate surface area is 76.2 Å². The highest BCUT2D eigenvalue weighted by atomic mass is 32.1. The summed E-state index contributed by atoms with van der Waals surface area (Å²) in [5, 5.41) is 1.97. The van der Waals surface area contributed by atoms with E-state index in [1.165, 1.54) is 7.11 Å². The second kappa shape index (κ2) is 4.26. The van der Waals surface area contributed by atoms with Gasteiger partial charge in [0.05, 0.1) is 13.0 Å². The fraction of sp³-hybridized carbons (Fsp3) is 0.444. The zero-order valence-corrected chi connectivity index (χ0v) is 8.06. The Bertz CT molecular complexity index is 241. The van der Waals surface area contributed by atoms with Crippen molar-refractivity contribution in [1.29, 1.82) is 0 Å². The Morgan fingerprint density at radius 2 is 2.50 bits per heavy atom. The third-order valence-corrected chi connectivity index (χ3v) is 2.77. The molecule has 0 amide bonds. The van der Waals surface area contributed by atoms with Crippen molar-refractivity contribution in [3.05, 3.63) is 22.4 Å². The predicted octanol–water partition coefficient (Wildman–Crippen LogP) is 2.41. The second-order valence-corrected chi connectivity index (χ2v) is 3.48. The normalized spacial score (nSPS) is 12.5. The molecule has 0 spiro atoms. The van der Waals surface area contributed by atoms with Crippen LogP contribution in [0.15, 0.2) is 17.5 Å². The SMILES string of the molecule is CC[C@H](C(=O)OC)c1cccs1. The maximum Gasteiger partial charge on any atom is 0.313 e. The van der Waals surface area contributed by atoms with Crippen molar-refractivity contribution in [2.24, 2.45) is 0 Å². The van der Waals surface area contributed by atoms with Gasteiger partial charge in [0.1, 0.15) is 0 Å². The Morgan fingerprint density at radius 3 is 2.92 bits per heavy atom. The van der Waals surface area contributed by atoms with Gasteiger partial charge < -0.3 is 4.74 Å². The molecule has 0 saturated heterocycles. The summed E-state index contributed by atoms with van der Waals surface area (Å²) >= 11 is 1.60. The van der Waals surface area contributed by atoms with Crippen molar-refractivity contribution < 1.29 is 9.53 Å². The van der Waals surface area contributed by atoms with Crippen LogP contribution in [-0.2, 0) is 9.53 Å². The molecule has 66 valence electrons. The molecule has 0 aromatic carbocycles. The van der Waals surface area contributed by atoms with Crippen LogP contribution in [0.25, 0.3) is 0 Å². The van der Waals surface area contributed by atoms with Gasteiger partial charge in [0.2, 0.25) is 0 Å². The van der Waals surface area contributed by atoms with Gasteiger partial charge in [-0.05, 0) is 17.9 Å². The van der Waals surface area contributed by atoms with Crippen LogP contribution in [0.5, 0.6) is 0 Å². The van der Waals surface area contributed by atoms with Crippen LogP contribution in [0.2, 0.25) is 0 Å². The molecule has 1 rings (SSSR count). The first kappa shape index (κ1) is 9.26. The number of ether oxygens (including phenoxy) is 1. The Balaban J connectivity index is 2.76. The second-order valence-electron chi connectivity index (χ2n) is 2.50. The predicted molar refractivity (Wildman–Crippen MR) is 49.4 cm³/mol. The molecule has 0 radical (unpaired) electrons. The first-order valence-corrected chi connectivity index (χ1v) is 4.78. The van der Waals surface area contributed by atoms with E-state index in [2.05, 4.69) is 0 Å². The van der Waals surface area contributed by atoms with Gasteiger partial charge in [-0.25, -0.2) is 0 Å². The average molecular weight is 184 g/mol. The molecule has 1 atom stereocenters. The van der Waals surface area contributed by atoms with Crippen LogP contribution in [0.1, 0.15) is 24.1 Å². The van der Waals surface area contributed by atoms with Gasteiger partial charge in [0.15, 0.2) is 0 Å². The van der Waals surface area contributed by atoms with Crippen LogP contribution in [0, 0.1) is 0 Å². The van der Waals surface area contributed by atoms with Crippen LogP contribution in [-0.4, -0.2) is 13.1 Å². The Morgan fingerprint density at radius 1 is 1.75 bits per heavy atom. The lowest BCUT2D eigenvalue weighted by Gasteiger charge is -2.09. The molecule has 3 heteroatoms. The van der Waals surface area contributed by atoms with Crippen molar-refractivity contribution in [2.45, 2.75) is 19.3 Å². The molecule has 0 aliphatic carbocycles. The number of rotatable bonds is 3. The minimum absolute atomic E-state index is 0.0741. The van der Waals surface area contributed by atoms with Gasteiger partial charge >= 0.3 is 5.97 Å². The molecule has 12 heavy (non-hydrogen) atoms. The molecule has 2 nitrogen and oxygen atoms in total. The molecule has 0 unspecified atom stereocenters. The van der Waals surface area contributed by atoms with E-state index in [1.54, 1.807) is 11.3 Å². The average Bonchev–Trinajstić information content (AvgIpc) is 2.58. The third kappa shape index (κ3) is 1.85. The van der Waals surface area contributed by atoms with Gasteiger partial charge in [-0.2, -0.15) is 0 Å². The standard InChI is InChI=1S/C9H12O2S/c1-3-7(9(10)11-2)8-5-4-6-12-8/h4-7H,3H2,1-2H3/t7-/m0/s1.